The fourth-order valence-corrected chi connectivity index (χ4v) is 5.39. The Hall–Kier alpha value is -4.47. The van der Waals surface area contributed by atoms with E-state index in [1.54, 1.807) is 19.3 Å². The number of fused-ring (bicyclic) bond motifs is 2. The average Bonchev–Trinajstić information content (AvgIpc) is 3.37. The number of carbonyl (C=O) groups excluding carboxylic acids is 2. The fourth-order valence-electron chi connectivity index (χ4n) is 5.39. The van der Waals surface area contributed by atoms with Crippen molar-refractivity contribution in [3.63, 3.8) is 0 Å². The maximum absolute atomic E-state index is 12.0. The zero-order valence-corrected chi connectivity index (χ0v) is 21.4. The van der Waals surface area contributed by atoms with Crippen LogP contribution in [-0.4, -0.2) is 70.0 Å². The summed E-state index contributed by atoms with van der Waals surface area (Å²) in [6.45, 7) is 4.37. The molecule has 0 radical (unpaired) electrons. The first-order valence-electron chi connectivity index (χ1n) is 12.8. The van der Waals surface area contributed by atoms with Crippen LogP contribution < -0.4 is 15.4 Å². The topological polar surface area (TPSA) is 119 Å². The summed E-state index contributed by atoms with van der Waals surface area (Å²) in [5.74, 6) is 1.22. The lowest BCUT2D eigenvalue weighted by molar-refractivity contribution is -0.129. The summed E-state index contributed by atoms with van der Waals surface area (Å²) in [5.41, 5.74) is 12.5. The van der Waals surface area contributed by atoms with Crippen molar-refractivity contribution < 1.29 is 14.3 Å². The van der Waals surface area contributed by atoms with E-state index in [9.17, 15) is 9.59 Å². The lowest BCUT2D eigenvalue weighted by atomic mass is 9.90. The molecule has 0 bridgehead atoms. The van der Waals surface area contributed by atoms with E-state index < -0.39 is 0 Å². The van der Waals surface area contributed by atoms with Gasteiger partial charge in [0, 0.05) is 55.9 Å². The number of aromatic nitrogens is 4. The van der Waals surface area contributed by atoms with Crippen LogP contribution in [0.4, 0.5) is 11.5 Å². The van der Waals surface area contributed by atoms with Crippen molar-refractivity contribution in [2.24, 2.45) is 0 Å². The summed E-state index contributed by atoms with van der Waals surface area (Å²) in [6, 6.07) is 10.1. The molecular weight excluding hydrogens is 482 g/mol. The molecule has 1 fully saturated rings. The predicted molar refractivity (Wildman–Crippen MR) is 144 cm³/mol. The number of pyridine rings is 1. The van der Waals surface area contributed by atoms with Gasteiger partial charge >= 0.3 is 0 Å². The third kappa shape index (κ3) is 4.02. The summed E-state index contributed by atoms with van der Waals surface area (Å²) < 4.78 is 7.36. The maximum Gasteiger partial charge on any atom is 0.219 e. The van der Waals surface area contributed by atoms with Crippen LogP contribution in [-0.2, 0) is 4.79 Å². The molecule has 0 saturated carbocycles. The number of rotatable bonds is 4. The highest BCUT2D eigenvalue weighted by Crippen LogP contribution is 2.36. The molecule has 1 amide bonds. The van der Waals surface area contributed by atoms with Gasteiger partial charge in [0.1, 0.15) is 18.2 Å². The first-order chi connectivity index (χ1) is 18.4. The van der Waals surface area contributed by atoms with E-state index in [1.165, 1.54) is 4.52 Å². The summed E-state index contributed by atoms with van der Waals surface area (Å²) in [4.78, 5) is 37.4. The Balaban J connectivity index is 1.34. The number of nitrogens with zero attached hydrogens (tertiary/aromatic N) is 6. The normalized spacial score (nSPS) is 15.8. The molecule has 6 rings (SSSR count). The minimum absolute atomic E-state index is 0.0339. The number of carbonyl (C=O) groups is 2. The summed E-state index contributed by atoms with van der Waals surface area (Å²) in [5, 5.41) is 4.43. The van der Waals surface area contributed by atoms with Crippen LogP contribution in [0.3, 0.4) is 0 Å². The molecule has 3 aromatic heterocycles. The molecule has 0 atom stereocenters. The number of likely N-dealkylation sites (N-methyl/N-ethyl adjacent to an activating group) is 1. The number of hydrogen-bond acceptors (Lipinski definition) is 8. The molecule has 1 saturated heterocycles. The number of aldehydes is 1. The van der Waals surface area contributed by atoms with Crippen molar-refractivity contribution in [1.82, 2.24) is 24.5 Å². The molecule has 10 nitrogen and oxygen atoms in total. The summed E-state index contributed by atoms with van der Waals surface area (Å²) >= 11 is 0. The number of amides is 1. The number of benzene rings is 1. The van der Waals surface area contributed by atoms with Gasteiger partial charge in [0.25, 0.3) is 0 Å². The molecule has 1 aromatic carbocycles. The quantitative estimate of drug-likeness (QED) is 0.414. The number of anilines is 2. The number of nitrogen functional groups attached to an aromatic ring is 1. The van der Waals surface area contributed by atoms with Gasteiger partial charge in [-0.2, -0.15) is 9.61 Å². The second-order valence-corrected chi connectivity index (χ2v) is 9.87. The van der Waals surface area contributed by atoms with Crippen molar-refractivity contribution in [2.45, 2.75) is 25.7 Å². The monoisotopic (exact) mass is 511 g/mol. The van der Waals surface area contributed by atoms with Crippen molar-refractivity contribution >= 4 is 29.3 Å². The van der Waals surface area contributed by atoms with E-state index in [0.29, 0.717) is 36.6 Å². The Morgan fingerprint density at radius 1 is 1.11 bits per heavy atom. The predicted octanol–water partition coefficient (Wildman–Crippen LogP) is 3.41. The van der Waals surface area contributed by atoms with Crippen LogP contribution >= 0.6 is 0 Å². The molecular formula is C28H29N7O3. The minimum Gasteiger partial charge on any atom is -0.490 e. The number of ether oxygens (including phenoxy) is 1. The first-order valence-corrected chi connectivity index (χ1v) is 12.8. The molecule has 2 N–H and O–H groups in total. The van der Waals surface area contributed by atoms with Crippen molar-refractivity contribution in [3.8, 4) is 28.1 Å². The van der Waals surface area contributed by atoms with Crippen LogP contribution in [0.25, 0.3) is 28.0 Å². The SMILES string of the molecule is CC(=O)N1CCC(c2nc3c(-c4ccc(-c5ccc6c(c5)OCCN6C)nc4)cnn3c(N)c2C=O)CC1. The minimum atomic E-state index is 0.0339. The molecule has 10 heteroatoms. The van der Waals surface area contributed by atoms with Crippen molar-refractivity contribution in [2.75, 3.05) is 43.9 Å². The fraction of sp³-hybridized carbons (Fsp3) is 0.321. The summed E-state index contributed by atoms with van der Waals surface area (Å²) in [6.07, 6.45) is 5.71. The van der Waals surface area contributed by atoms with E-state index in [2.05, 4.69) is 23.1 Å². The van der Waals surface area contributed by atoms with Gasteiger partial charge < -0.3 is 20.3 Å². The van der Waals surface area contributed by atoms with Gasteiger partial charge in [-0.1, -0.05) is 12.1 Å². The van der Waals surface area contributed by atoms with Gasteiger partial charge in [0.2, 0.25) is 5.91 Å². The molecule has 2 aliphatic rings. The number of hydrogen-bond donors (Lipinski definition) is 1. The standard InChI is InChI=1S/C28H29N7O3/c1-17(37)34-9-7-18(8-10-34)26-22(16-36)27(29)35-28(32-26)21(15-31-35)20-3-5-23(30-14-20)19-4-6-24-25(13-19)38-12-11-33(24)2/h3-6,13-16,18H,7-12,29H2,1-2H3. The molecule has 194 valence electrons. The Bertz CT molecular complexity index is 1540. The van der Waals surface area contributed by atoms with E-state index in [1.807, 2.05) is 29.2 Å². The second-order valence-electron chi connectivity index (χ2n) is 9.87. The first kappa shape index (κ1) is 23.9. The molecule has 4 aromatic rings. The smallest absolute Gasteiger partial charge is 0.219 e. The number of likely N-dealkylation sites (tertiary alicyclic amines) is 1. The van der Waals surface area contributed by atoms with Crippen LogP contribution in [0, 0.1) is 0 Å². The van der Waals surface area contributed by atoms with Gasteiger partial charge in [0.15, 0.2) is 11.9 Å². The Labute approximate surface area is 220 Å². The van der Waals surface area contributed by atoms with E-state index in [4.69, 9.17) is 20.4 Å². The van der Waals surface area contributed by atoms with Gasteiger partial charge in [-0.25, -0.2) is 4.98 Å². The third-order valence-corrected chi connectivity index (χ3v) is 7.62. The highest BCUT2D eigenvalue weighted by Gasteiger charge is 2.28. The molecule has 2 aliphatic heterocycles. The zero-order valence-electron chi connectivity index (χ0n) is 21.4. The third-order valence-electron chi connectivity index (χ3n) is 7.62. The van der Waals surface area contributed by atoms with Gasteiger partial charge in [-0.15, -0.1) is 0 Å². The highest BCUT2D eigenvalue weighted by molar-refractivity contribution is 5.87. The number of nitrogens with two attached hydrogens (primary N) is 1. The van der Waals surface area contributed by atoms with Gasteiger partial charge in [-0.3, -0.25) is 14.6 Å². The largest absolute Gasteiger partial charge is 0.490 e. The highest BCUT2D eigenvalue weighted by atomic mass is 16.5. The van der Waals surface area contributed by atoms with Gasteiger partial charge in [0.05, 0.1) is 35.4 Å². The zero-order chi connectivity index (χ0) is 26.4. The van der Waals surface area contributed by atoms with Gasteiger partial charge in [-0.05, 0) is 31.0 Å². The van der Waals surface area contributed by atoms with Crippen LogP contribution in [0.2, 0.25) is 0 Å². The van der Waals surface area contributed by atoms with Crippen LogP contribution in [0.5, 0.6) is 5.75 Å². The molecule has 5 heterocycles. The maximum atomic E-state index is 12.0. The summed E-state index contributed by atoms with van der Waals surface area (Å²) in [7, 11) is 2.06. The van der Waals surface area contributed by atoms with E-state index >= 15 is 0 Å². The van der Waals surface area contributed by atoms with E-state index in [0.717, 1.165) is 59.5 Å². The van der Waals surface area contributed by atoms with Crippen LogP contribution in [0.1, 0.15) is 41.7 Å². The molecule has 0 aliphatic carbocycles. The average molecular weight is 512 g/mol. The second kappa shape index (κ2) is 9.44. The Morgan fingerprint density at radius 2 is 1.89 bits per heavy atom. The lowest BCUT2D eigenvalue weighted by Crippen LogP contribution is -2.36. The molecule has 0 unspecified atom stereocenters. The van der Waals surface area contributed by atoms with Crippen molar-refractivity contribution in [3.05, 3.63) is 54.0 Å². The van der Waals surface area contributed by atoms with E-state index in [-0.39, 0.29) is 17.6 Å². The lowest BCUT2D eigenvalue weighted by Gasteiger charge is -2.31. The Morgan fingerprint density at radius 3 is 2.61 bits per heavy atom. The Kier molecular flexibility index (Phi) is 5.94. The van der Waals surface area contributed by atoms with Crippen molar-refractivity contribution in [1.29, 1.82) is 0 Å². The van der Waals surface area contributed by atoms with Crippen LogP contribution in [0.15, 0.2) is 42.7 Å². The molecule has 0 spiro atoms. The molecule has 38 heavy (non-hydrogen) atoms. The number of piperidine rings is 1.